The number of methoxy groups -OCH3 is 2. The van der Waals surface area contributed by atoms with Crippen LogP contribution in [-0.2, 0) is 11.2 Å². The summed E-state index contributed by atoms with van der Waals surface area (Å²) in [4.78, 5) is 7.44. The Hall–Kier alpha value is -2.51. The fourth-order valence-electron chi connectivity index (χ4n) is 3.72. The van der Waals surface area contributed by atoms with Crippen LogP contribution in [0.15, 0.2) is 52.1 Å². The number of nitrogens with zero attached hydrogens (tertiary/aromatic N) is 2. The van der Waals surface area contributed by atoms with Crippen molar-refractivity contribution in [2.75, 3.05) is 53.6 Å². The van der Waals surface area contributed by atoms with Crippen LogP contribution in [0.1, 0.15) is 30.2 Å². The van der Waals surface area contributed by atoms with Crippen molar-refractivity contribution < 1.29 is 13.9 Å². The van der Waals surface area contributed by atoms with E-state index in [4.69, 9.17) is 18.9 Å². The van der Waals surface area contributed by atoms with Gasteiger partial charge in [-0.1, -0.05) is 12.1 Å². The SMILES string of the molecule is COCCNC(=NCC(c1cccc(OC)c1)N1CCCC1)NCCc1ccco1. The molecule has 0 radical (unpaired) electrons. The van der Waals surface area contributed by atoms with Gasteiger partial charge in [0.2, 0.25) is 0 Å². The smallest absolute Gasteiger partial charge is 0.191 e. The van der Waals surface area contributed by atoms with Crippen molar-refractivity contribution in [3.05, 3.63) is 54.0 Å². The Morgan fingerprint density at radius 2 is 1.97 bits per heavy atom. The van der Waals surface area contributed by atoms with E-state index in [1.165, 1.54) is 18.4 Å². The van der Waals surface area contributed by atoms with Crippen LogP contribution in [0.4, 0.5) is 0 Å². The highest BCUT2D eigenvalue weighted by Crippen LogP contribution is 2.27. The molecule has 1 aliphatic heterocycles. The van der Waals surface area contributed by atoms with Gasteiger partial charge >= 0.3 is 0 Å². The minimum absolute atomic E-state index is 0.230. The molecule has 0 saturated carbocycles. The van der Waals surface area contributed by atoms with Gasteiger partial charge in [-0.3, -0.25) is 9.89 Å². The van der Waals surface area contributed by atoms with Crippen LogP contribution < -0.4 is 15.4 Å². The number of benzene rings is 1. The molecule has 3 rings (SSSR count). The van der Waals surface area contributed by atoms with Crippen molar-refractivity contribution >= 4 is 5.96 Å². The molecule has 1 fully saturated rings. The number of aliphatic imine (C=N–C) groups is 1. The fourth-order valence-corrected chi connectivity index (χ4v) is 3.72. The summed E-state index contributed by atoms with van der Waals surface area (Å²) in [7, 11) is 3.41. The zero-order chi connectivity index (χ0) is 21.0. The van der Waals surface area contributed by atoms with Crippen molar-refractivity contribution in [2.45, 2.75) is 25.3 Å². The number of likely N-dealkylation sites (tertiary alicyclic amines) is 1. The van der Waals surface area contributed by atoms with E-state index in [-0.39, 0.29) is 6.04 Å². The summed E-state index contributed by atoms with van der Waals surface area (Å²) in [5.41, 5.74) is 1.24. The number of guanidine groups is 1. The molecule has 1 aliphatic rings. The number of furan rings is 1. The Balaban J connectivity index is 1.68. The molecule has 0 aliphatic carbocycles. The highest BCUT2D eigenvalue weighted by Gasteiger charge is 2.23. The van der Waals surface area contributed by atoms with Gasteiger partial charge in [-0.25, -0.2) is 0 Å². The fraction of sp³-hybridized carbons (Fsp3) is 0.522. The second kappa shape index (κ2) is 12.2. The third-order valence-electron chi connectivity index (χ3n) is 5.32. The average molecular weight is 415 g/mol. The van der Waals surface area contributed by atoms with Crippen LogP contribution in [0, 0.1) is 0 Å². The van der Waals surface area contributed by atoms with E-state index in [1.54, 1.807) is 20.5 Å². The number of hydrogen-bond acceptors (Lipinski definition) is 5. The third-order valence-corrected chi connectivity index (χ3v) is 5.32. The Morgan fingerprint density at radius 1 is 1.13 bits per heavy atom. The molecule has 0 bridgehead atoms. The summed E-state index contributed by atoms with van der Waals surface area (Å²) in [6, 6.07) is 12.5. The normalized spacial score (nSPS) is 15.9. The zero-order valence-electron chi connectivity index (χ0n) is 18.1. The maximum absolute atomic E-state index is 5.45. The van der Waals surface area contributed by atoms with Crippen LogP contribution in [0.25, 0.3) is 0 Å². The quantitative estimate of drug-likeness (QED) is 0.335. The number of ether oxygens (including phenoxy) is 2. The standard InChI is InChI=1S/C23H34N4O3/c1-28-16-12-25-23(24-11-10-20-9-6-15-30-20)26-18-22(27-13-3-4-14-27)19-7-5-8-21(17-19)29-2/h5-9,15,17,22H,3-4,10-14,16,18H2,1-2H3,(H2,24,25,26). The Bertz CT molecular complexity index is 758. The molecule has 164 valence electrons. The topological polar surface area (TPSA) is 71.3 Å². The zero-order valence-corrected chi connectivity index (χ0v) is 18.1. The molecule has 2 aromatic rings. The number of nitrogens with one attached hydrogen (secondary N) is 2. The van der Waals surface area contributed by atoms with E-state index >= 15 is 0 Å². The molecular formula is C23H34N4O3. The first kappa shape index (κ1) is 22.2. The summed E-state index contributed by atoms with van der Waals surface area (Å²) in [6.45, 7) is 4.97. The lowest BCUT2D eigenvalue weighted by Gasteiger charge is -2.27. The summed E-state index contributed by atoms with van der Waals surface area (Å²) >= 11 is 0. The number of hydrogen-bond donors (Lipinski definition) is 2. The lowest BCUT2D eigenvalue weighted by molar-refractivity contribution is 0.203. The van der Waals surface area contributed by atoms with Gasteiger partial charge in [-0.2, -0.15) is 0 Å². The lowest BCUT2D eigenvalue weighted by Crippen LogP contribution is -2.40. The molecule has 1 aromatic carbocycles. The predicted molar refractivity (Wildman–Crippen MR) is 119 cm³/mol. The van der Waals surface area contributed by atoms with Crippen LogP contribution in [0.5, 0.6) is 5.75 Å². The molecule has 0 spiro atoms. The highest BCUT2D eigenvalue weighted by atomic mass is 16.5. The highest BCUT2D eigenvalue weighted by molar-refractivity contribution is 5.79. The Kier molecular flexibility index (Phi) is 9.05. The van der Waals surface area contributed by atoms with Gasteiger partial charge in [-0.15, -0.1) is 0 Å². The maximum atomic E-state index is 5.45. The maximum Gasteiger partial charge on any atom is 0.191 e. The van der Waals surface area contributed by atoms with Crippen LogP contribution in [0.2, 0.25) is 0 Å². The summed E-state index contributed by atoms with van der Waals surface area (Å²) in [6.07, 6.45) is 4.99. The van der Waals surface area contributed by atoms with Crippen LogP contribution in [0.3, 0.4) is 0 Å². The second-order valence-corrected chi connectivity index (χ2v) is 7.40. The van der Waals surface area contributed by atoms with Crippen molar-refractivity contribution in [3.8, 4) is 5.75 Å². The molecule has 1 atom stereocenters. The predicted octanol–water partition coefficient (Wildman–Crippen LogP) is 2.85. The van der Waals surface area contributed by atoms with Gasteiger partial charge in [-0.05, 0) is 55.8 Å². The van der Waals surface area contributed by atoms with E-state index in [9.17, 15) is 0 Å². The largest absolute Gasteiger partial charge is 0.497 e. The Morgan fingerprint density at radius 3 is 2.70 bits per heavy atom. The summed E-state index contributed by atoms with van der Waals surface area (Å²) in [5.74, 6) is 2.64. The monoisotopic (exact) mass is 414 g/mol. The molecule has 2 N–H and O–H groups in total. The molecule has 1 unspecified atom stereocenters. The summed E-state index contributed by atoms with van der Waals surface area (Å²) < 4.78 is 16.0. The van der Waals surface area contributed by atoms with Crippen LogP contribution in [-0.4, -0.2) is 64.4 Å². The molecule has 0 amide bonds. The van der Waals surface area contributed by atoms with Crippen molar-refractivity contribution in [1.29, 1.82) is 0 Å². The first-order chi connectivity index (χ1) is 14.8. The molecular weight excluding hydrogens is 380 g/mol. The van der Waals surface area contributed by atoms with Gasteiger partial charge in [0.05, 0.1) is 32.6 Å². The van der Waals surface area contributed by atoms with E-state index in [2.05, 4.69) is 33.7 Å². The molecule has 1 saturated heterocycles. The first-order valence-electron chi connectivity index (χ1n) is 10.7. The van der Waals surface area contributed by atoms with Gasteiger partial charge in [0.15, 0.2) is 5.96 Å². The van der Waals surface area contributed by atoms with E-state index in [0.717, 1.165) is 43.5 Å². The first-order valence-corrected chi connectivity index (χ1v) is 10.7. The Labute approximate surface area is 179 Å². The minimum Gasteiger partial charge on any atom is -0.497 e. The van der Waals surface area contributed by atoms with Gasteiger partial charge in [0.1, 0.15) is 11.5 Å². The van der Waals surface area contributed by atoms with Gasteiger partial charge < -0.3 is 24.5 Å². The minimum atomic E-state index is 0.230. The number of rotatable bonds is 11. The van der Waals surface area contributed by atoms with E-state index in [0.29, 0.717) is 19.7 Å². The molecule has 7 heteroatoms. The lowest BCUT2D eigenvalue weighted by atomic mass is 10.1. The van der Waals surface area contributed by atoms with Gasteiger partial charge in [0, 0.05) is 26.6 Å². The third kappa shape index (κ3) is 6.78. The molecule has 30 heavy (non-hydrogen) atoms. The molecule has 7 nitrogen and oxygen atoms in total. The average Bonchev–Trinajstić information content (AvgIpc) is 3.48. The summed E-state index contributed by atoms with van der Waals surface area (Å²) in [5, 5.41) is 6.78. The van der Waals surface area contributed by atoms with Gasteiger partial charge in [0.25, 0.3) is 0 Å². The molecule has 1 aromatic heterocycles. The molecule has 2 heterocycles. The van der Waals surface area contributed by atoms with Crippen LogP contribution >= 0.6 is 0 Å². The van der Waals surface area contributed by atoms with Crippen molar-refractivity contribution in [2.24, 2.45) is 4.99 Å². The van der Waals surface area contributed by atoms with E-state index < -0.39 is 0 Å². The second-order valence-electron chi connectivity index (χ2n) is 7.40. The van der Waals surface area contributed by atoms with Crippen molar-refractivity contribution in [3.63, 3.8) is 0 Å². The van der Waals surface area contributed by atoms with E-state index in [1.807, 2.05) is 18.2 Å². The van der Waals surface area contributed by atoms with Crippen molar-refractivity contribution in [1.82, 2.24) is 15.5 Å².